The quantitative estimate of drug-likeness (QED) is 0.650. The Hall–Kier alpha value is -1.97. The van der Waals surface area contributed by atoms with Gasteiger partial charge in [0.1, 0.15) is 17.9 Å². The zero-order chi connectivity index (χ0) is 21.5. The lowest BCUT2D eigenvalue weighted by molar-refractivity contribution is 0.0129. The molecule has 168 valence electrons. The van der Waals surface area contributed by atoms with Gasteiger partial charge in [-0.05, 0) is 61.8 Å². The SMILES string of the molecule is CCCOc1ccc(S(=O)(=O)N2CC(c3nncn3C3CC3)C3(CCOCC3)C2)cc1. The second-order valence-electron chi connectivity index (χ2n) is 8.97. The average molecular weight is 447 g/mol. The van der Waals surface area contributed by atoms with Gasteiger partial charge in [-0.3, -0.25) is 0 Å². The van der Waals surface area contributed by atoms with Crippen molar-refractivity contribution in [2.75, 3.05) is 32.9 Å². The van der Waals surface area contributed by atoms with E-state index >= 15 is 0 Å². The first kappa shape index (κ1) is 20.9. The predicted molar refractivity (Wildman–Crippen MR) is 115 cm³/mol. The molecule has 8 nitrogen and oxygen atoms in total. The van der Waals surface area contributed by atoms with Gasteiger partial charge in [0.15, 0.2) is 0 Å². The lowest BCUT2D eigenvalue weighted by Crippen LogP contribution is -2.37. The normalized spacial score (nSPS) is 24.0. The van der Waals surface area contributed by atoms with Crippen LogP contribution in [0, 0.1) is 5.41 Å². The van der Waals surface area contributed by atoms with Gasteiger partial charge in [0, 0.05) is 38.3 Å². The smallest absolute Gasteiger partial charge is 0.243 e. The van der Waals surface area contributed by atoms with Gasteiger partial charge in [-0.15, -0.1) is 10.2 Å². The summed E-state index contributed by atoms with van der Waals surface area (Å²) in [6.45, 7) is 4.90. The molecular formula is C22H30N4O4S. The summed E-state index contributed by atoms with van der Waals surface area (Å²) < 4.78 is 42.2. The first-order valence-corrected chi connectivity index (χ1v) is 12.7. The van der Waals surface area contributed by atoms with Crippen molar-refractivity contribution in [2.45, 2.75) is 55.9 Å². The predicted octanol–water partition coefficient (Wildman–Crippen LogP) is 2.99. The largest absolute Gasteiger partial charge is 0.494 e. The summed E-state index contributed by atoms with van der Waals surface area (Å²) in [6, 6.07) is 7.24. The number of hydrogen-bond donors (Lipinski definition) is 0. The molecule has 9 heteroatoms. The number of rotatable bonds is 7. The number of nitrogens with zero attached hydrogens (tertiary/aromatic N) is 4. The van der Waals surface area contributed by atoms with Crippen LogP contribution in [0.15, 0.2) is 35.5 Å². The van der Waals surface area contributed by atoms with Crippen molar-refractivity contribution in [1.29, 1.82) is 0 Å². The van der Waals surface area contributed by atoms with Crippen LogP contribution in [0.3, 0.4) is 0 Å². The Morgan fingerprint density at radius 1 is 1.19 bits per heavy atom. The molecule has 3 heterocycles. The molecule has 0 radical (unpaired) electrons. The van der Waals surface area contributed by atoms with Crippen LogP contribution in [-0.4, -0.2) is 60.4 Å². The maximum absolute atomic E-state index is 13.5. The topological polar surface area (TPSA) is 86.6 Å². The standard InChI is InChI=1S/C22H30N4O4S/c1-2-11-30-18-5-7-19(8-6-18)31(27,28)25-14-20(22(15-25)9-12-29-13-10-22)21-24-23-16-26(21)17-3-4-17/h5-8,16-17,20H,2-4,9-15H2,1H3. The van der Waals surface area contributed by atoms with Crippen LogP contribution in [0.25, 0.3) is 0 Å². The highest BCUT2D eigenvalue weighted by atomic mass is 32.2. The Kier molecular flexibility index (Phi) is 5.52. The van der Waals surface area contributed by atoms with Crippen molar-refractivity contribution < 1.29 is 17.9 Å². The molecule has 1 spiro atoms. The molecular weight excluding hydrogens is 416 g/mol. The van der Waals surface area contributed by atoms with Gasteiger partial charge in [0.25, 0.3) is 0 Å². The third-order valence-corrected chi connectivity index (χ3v) is 8.72. The summed E-state index contributed by atoms with van der Waals surface area (Å²) in [5.41, 5.74) is -0.158. The van der Waals surface area contributed by atoms with E-state index in [1.165, 1.54) is 0 Å². The summed E-state index contributed by atoms with van der Waals surface area (Å²) in [4.78, 5) is 0.308. The molecule has 1 atom stereocenters. The molecule has 0 N–H and O–H groups in total. The van der Waals surface area contributed by atoms with E-state index in [0.717, 1.165) is 37.9 Å². The van der Waals surface area contributed by atoms with Crippen molar-refractivity contribution in [3.8, 4) is 5.75 Å². The van der Waals surface area contributed by atoms with Crippen LogP contribution < -0.4 is 4.74 Å². The molecule has 5 rings (SSSR count). The minimum atomic E-state index is -3.61. The molecule has 2 saturated heterocycles. The molecule has 2 aliphatic heterocycles. The van der Waals surface area contributed by atoms with E-state index in [1.807, 2.05) is 13.3 Å². The van der Waals surface area contributed by atoms with E-state index < -0.39 is 10.0 Å². The van der Waals surface area contributed by atoms with Crippen LogP contribution in [0.4, 0.5) is 0 Å². The number of ether oxygens (including phenoxy) is 2. The van der Waals surface area contributed by atoms with E-state index in [1.54, 1.807) is 28.6 Å². The fourth-order valence-corrected chi connectivity index (χ4v) is 6.51. The average Bonchev–Trinajstić information content (AvgIpc) is 3.41. The van der Waals surface area contributed by atoms with Gasteiger partial charge in [0.05, 0.1) is 11.5 Å². The van der Waals surface area contributed by atoms with E-state index in [2.05, 4.69) is 14.8 Å². The van der Waals surface area contributed by atoms with Crippen LogP contribution in [-0.2, 0) is 14.8 Å². The van der Waals surface area contributed by atoms with Crippen molar-refractivity contribution in [3.05, 3.63) is 36.4 Å². The van der Waals surface area contributed by atoms with Crippen LogP contribution in [0.1, 0.15) is 56.8 Å². The Bertz CT molecular complexity index is 1010. The lowest BCUT2D eigenvalue weighted by atomic mass is 9.72. The van der Waals surface area contributed by atoms with E-state index in [0.29, 0.717) is 49.6 Å². The van der Waals surface area contributed by atoms with Crippen LogP contribution in [0.5, 0.6) is 5.75 Å². The molecule has 31 heavy (non-hydrogen) atoms. The molecule has 1 aromatic carbocycles. The van der Waals surface area contributed by atoms with Crippen LogP contribution >= 0.6 is 0 Å². The molecule has 3 aliphatic rings. The summed E-state index contributed by atoms with van der Waals surface area (Å²) in [7, 11) is -3.61. The Morgan fingerprint density at radius 2 is 1.94 bits per heavy atom. The molecule has 1 saturated carbocycles. The number of sulfonamides is 1. The summed E-state index contributed by atoms with van der Waals surface area (Å²) >= 11 is 0. The molecule has 0 bridgehead atoms. The molecule has 1 unspecified atom stereocenters. The zero-order valence-corrected chi connectivity index (χ0v) is 18.8. The van der Waals surface area contributed by atoms with Crippen LogP contribution in [0.2, 0.25) is 0 Å². The fraction of sp³-hybridized carbons (Fsp3) is 0.636. The second-order valence-corrected chi connectivity index (χ2v) is 10.9. The lowest BCUT2D eigenvalue weighted by Gasteiger charge is -2.37. The van der Waals surface area contributed by atoms with Crippen molar-refractivity contribution in [2.24, 2.45) is 5.41 Å². The van der Waals surface area contributed by atoms with Gasteiger partial charge < -0.3 is 14.0 Å². The molecule has 1 aromatic heterocycles. The van der Waals surface area contributed by atoms with Crippen molar-refractivity contribution in [1.82, 2.24) is 19.1 Å². The third kappa shape index (κ3) is 3.87. The summed E-state index contributed by atoms with van der Waals surface area (Å²) in [5, 5.41) is 8.66. The van der Waals surface area contributed by atoms with E-state index in [9.17, 15) is 8.42 Å². The minimum Gasteiger partial charge on any atom is -0.494 e. The number of aromatic nitrogens is 3. The fourth-order valence-electron chi connectivity index (χ4n) is 4.96. The zero-order valence-electron chi connectivity index (χ0n) is 17.9. The summed E-state index contributed by atoms with van der Waals surface area (Å²) in [5.74, 6) is 1.66. The molecule has 1 aliphatic carbocycles. The first-order chi connectivity index (χ1) is 15.0. The van der Waals surface area contributed by atoms with E-state index in [4.69, 9.17) is 9.47 Å². The highest BCUT2D eigenvalue weighted by molar-refractivity contribution is 7.89. The van der Waals surface area contributed by atoms with Crippen molar-refractivity contribution >= 4 is 10.0 Å². The van der Waals surface area contributed by atoms with Gasteiger partial charge in [-0.25, -0.2) is 8.42 Å². The summed E-state index contributed by atoms with van der Waals surface area (Å²) in [6.07, 6.45) is 6.68. The highest BCUT2D eigenvalue weighted by Gasteiger charge is 2.53. The second kappa shape index (κ2) is 8.18. The van der Waals surface area contributed by atoms with Gasteiger partial charge in [-0.2, -0.15) is 4.31 Å². The minimum absolute atomic E-state index is 0.0291. The van der Waals surface area contributed by atoms with Gasteiger partial charge in [0.2, 0.25) is 10.0 Å². The van der Waals surface area contributed by atoms with Crippen molar-refractivity contribution in [3.63, 3.8) is 0 Å². The number of hydrogen-bond acceptors (Lipinski definition) is 6. The number of benzene rings is 1. The van der Waals surface area contributed by atoms with E-state index in [-0.39, 0.29) is 11.3 Å². The molecule has 2 aromatic rings. The Morgan fingerprint density at radius 3 is 2.61 bits per heavy atom. The Labute approximate surface area is 183 Å². The molecule has 0 amide bonds. The third-order valence-electron chi connectivity index (χ3n) is 6.89. The monoisotopic (exact) mass is 446 g/mol. The maximum Gasteiger partial charge on any atom is 0.243 e. The Balaban J connectivity index is 1.44. The first-order valence-electron chi connectivity index (χ1n) is 11.2. The van der Waals surface area contributed by atoms with Gasteiger partial charge >= 0.3 is 0 Å². The van der Waals surface area contributed by atoms with Gasteiger partial charge in [-0.1, -0.05) is 6.92 Å². The molecule has 3 fully saturated rings. The maximum atomic E-state index is 13.5. The highest BCUT2D eigenvalue weighted by Crippen LogP contribution is 2.51.